The van der Waals surface area contributed by atoms with Crippen LogP contribution in [0.3, 0.4) is 0 Å². The molecule has 0 aliphatic carbocycles. The lowest BCUT2D eigenvalue weighted by Crippen LogP contribution is -2.35. The fourth-order valence-corrected chi connectivity index (χ4v) is 1.28. The zero-order valence-electron chi connectivity index (χ0n) is 9.47. The molecule has 2 unspecified atom stereocenters. The van der Waals surface area contributed by atoms with E-state index in [1.54, 1.807) is 31.2 Å². The Labute approximate surface area is 94.9 Å². The van der Waals surface area contributed by atoms with Gasteiger partial charge in [-0.25, -0.2) is 0 Å². The highest BCUT2D eigenvalue weighted by atomic mass is 16.4. The molecule has 0 heterocycles. The highest BCUT2D eigenvalue weighted by Gasteiger charge is 2.18. The van der Waals surface area contributed by atoms with Gasteiger partial charge in [0.25, 0.3) is 0 Å². The summed E-state index contributed by atoms with van der Waals surface area (Å²) >= 11 is 0. The molecule has 1 rings (SSSR count). The van der Waals surface area contributed by atoms with Crippen LogP contribution in [0, 0.1) is 5.92 Å². The van der Waals surface area contributed by atoms with Gasteiger partial charge in [-0.1, -0.05) is 19.1 Å². The minimum Gasteiger partial charge on any atom is -0.508 e. The third-order valence-corrected chi connectivity index (χ3v) is 2.70. The SMILES string of the molecule is CC(NCc1ccc(O)cc1)C(C)C(=O)O. The van der Waals surface area contributed by atoms with Gasteiger partial charge in [0.1, 0.15) is 5.75 Å². The second-order valence-electron chi connectivity index (χ2n) is 3.96. The van der Waals surface area contributed by atoms with Gasteiger partial charge in [-0.2, -0.15) is 0 Å². The third kappa shape index (κ3) is 3.55. The van der Waals surface area contributed by atoms with Crippen molar-refractivity contribution >= 4 is 5.97 Å². The number of benzene rings is 1. The Morgan fingerprint density at radius 3 is 2.38 bits per heavy atom. The molecule has 88 valence electrons. The predicted octanol–water partition coefficient (Wildman–Crippen LogP) is 1.59. The molecule has 0 saturated heterocycles. The lowest BCUT2D eigenvalue weighted by Gasteiger charge is -2.17. The maximum atomic E-state index is 10.7. The van der Waals surface area contributed by atoms with Crippen LogP contribution >= 0.6 is 0 Å². The van der Waals surface area contributed by atoms with Crippen LogP contribution in [0.4, 0.5) is 0 Å². The Bertz CT molecular complexity index is 348. The van der Waals surface area contributed by atoms with Crippen LogP contribution in [0.25, 0.3) is 0 Å². The summed E-state index contributed by atoms with van der Waals surface area (Å²) in [5, 5.41) is 21.0. The molecular weight excluding hydrogens is 206 g/mol. The maximum Gasteiger partial charge on any atom is 0.307 e. The smallest absolute Gasteiger partial charge is 0.307 e. The van der Waals surface area contributed by atoms with E-state index in [1.165, 1.54) is 0 Å². The number of nitrogens with one attached hydrogen (secondary N) is 1. The average Bonchev–Trinajstić information content (AvgIpc) is 2.26. The van der Waals surface area contributed by atoms with Crippen molar-refractivity contribution in [2.45, 2.75) is 26.4 Å². The van der Waals surface area contributed by atoms with Crippen molar-refractivity contribution in [2.75, 3.05) is 0 Å². The number of hydrogen-bond acceptors (Lipinski definition) is 3. The van der Waals surface area contributed by atoms with E-state index in [2.05, 4.69) is 5.32 Å². The van der Waals surface area contributed by atoms with Gasteiger partial charge in [0, 0.05) is 12.6 Å². The first-order valence-corrected chi connectivity index (χ1v) is 5.25. The number of phenols is 1. The Kier molecular flexibility index (Phi) is 4.31. The summed E-state index contributed by atoms with van der Waals surface area (Å²) in [5.41, 5.74) is 1.02. The monoisotopic (exact) mass is 223 g/mol. The van der Waals surface area contributed by atoms with Gasteiger partial charge in [-0.3, -0.25) is 4.79 Å². The molecule has 4 nitrogen and oxygen atoms in total. The number of hydrogen-bond donors (Lipinski definition) is 3. The van der Waals surface area contributed by atoms with Crippen molar-refractivity contribution in [2.24, 2.45) is 5.92 Å². The Morgan fingerprint density at radius 2 is 1.88 bits per heavy atom. The summed E-state index contributed by atoms with van der Waals surface area (Å²) in [4.78, 5) is 10.7. The highest BCUT2D eigenvalue weighted by Crippen LogP contribution is 2.10. The molecule has 0 radical (unpaired) electrons. The van der Waals surface area contributed by atoms with Crippen LogP contribution < -0.4 is 5.32 Å². The number of aromatic hydroxyl groups is 1. The first kappa shape index (κ1) is 12.5. The molecule has 0 aromatic heterocycles. The second-order valence-corrected chi connectivity index (χ2v) is 3.96. The normalized spacial score (nSPS) is 14.4. The van der Waals surface area contributed by atoms with Crippen LogP contribution in [-0.2, 0) is 11.3 Å². The van der Waals surface area contributed by atoms with Crippen LogP contribution in [0.2, 0.25) is 0 Å². The fraction of sp³-hybridized carbons (Fsp3) is 0.417. The van der Waals surface area contributed by atoms with Crippen molar-refractivity contribution < 1.29 is 15.0 Å². The van der Waals surface area contributed by atoms with Crippen LogP contribution in [0.1, 0.15) is 19.4 Å². The number of phenolic OH excluding ortho intramolecular Hbond substituents is 1. The van der Waals surface area contributed by atoms with Crippen LogP contribution in [0.15, 0.2) is 24.3 Å². The van der Waals surface area contributed by atoms with Crippen molar-refractivity contribution in [3.8, 4) is 5.75 Å². The van der Waals surface area contributed by atoms with Crippen molar-refractivity contribution in [3.05, 3.63) is 29.8 Å². The topological polar surface area (TPSA) is 69.6 Å². The first-order valence-electron chi connectivity index (χ1n) is 5.25. The van der Waals surface area contributed by atoms with E-state index in [4.69, 9.17) is 10.2 Å². The van der Waals surface area contributed by atoms with E-state index >= 15 is 0 Å². The fourth-order valence-electron chi connectivity index (χ4n) is 1.28. The van der Waals surface area contributed by atoms with Gasteiger partial charge in [0.05, 0.1) is 5.92 Å². The molecule has 0 saturated carbocycles. The minimum atomic E-state index is -0.800. The highest BCUT2D eigenvalue weighted by molar-refractivity contribution is 5.70. The molecule has 3 N–H and O–H groups in total. The Balaban J connectivity index is 2.45. The van der Waals surface area contributed by atoms with E-state index in [-0.39, 0.29) is 11.8 Å². The molecule has 0 spiro atoms. The summed E-state index contributed by atoms with van der Waals surface area (Å²) in [6, 6.07) is 6.75. The molecule has 4 heteroatoms. The summed E-state index contributed by atoms with van der Waals surface area (Å²) in [7, 11) is 0. The Hall–Kier alpha value is -1.55. The molecule has 0 fully saturated rings. The van der Waals surface area contributed by atoms with Crippen LogP contribution in [0.5, 0.6) is 5.75 Å². The second kappa shape index (κ2) is 5.51. The number of carboxylic acids is 1. The number of carboxylic acid groups (broad SMARTS) is 1. The quantitative estimate of drug-likeness (QED) is 0.709. The van der Waals surface area contributed by atoms with Gasteiger partial charge in [-0.05, 0) is 24.6 Å². The molecule has 2 atom stereocenters. The minimum absolute atomic E-state index is 0.0914. The lowest BCUT2D eigenvalue weighted by molar-refractivity contribution is -0.141. The van der Waals surface area contributed by atoms with Gasteiger partial charge in [0.2, 0.25) is 0 Å². The summed E-state index contributed by atoms with van der Waals surface area (Å²) in [6.45, 7) is 4.12. The predicted molar refractivity (Wildman–Crippen MR) is 61.2 cm³/mol. The molecular formula is C12H17NO3. The molecule has 0 aliphatic rings. The third-order valence-electron chi connectivity index (χ3n) is 2.70. The van der Waals surface area contributed by atoms with E-state index in [9.17, 15) is 4.79 Å². The van der Waals surface area contributed by atoms with Crippen molar-refractivity contribution in [1.82, 2.24) is 5.32 Å². The number of rotatable bonds is 5. The van der Waals surface area contributed by atoms with E-state index in [0.717, 1.165) is 5.56 Å². The molecule has 1 aromatic carbocycles. The van der Waals surface area contributed by atoms with Gasteiger partial charge in [0.15, 0.2) is 0 Å². The van der Waals surface area contributed by atoms with Gasteiger partial charge >= 0.3 is 5.97 Å². The molecule has 0 aliphatic heterocycles. The van der Waals surface area contributed by atoms with E-state index in [0.29, 0.717) is 6.54 Å². The zero-order valence-corrected chi connectivity index (χ0v) is 9.47. The molecule has 1 aromatic rings. The zero-order chi connectivity index (χ0) is 12.1. The van der Waals surface area contributed by atoms with Crippen molar-refractivity contribution in [3.63, 3.8) is 0 Å². The van der Waals surface area contributed by atoms with Gasteiger partial charge < -0.3 is 15.5 Å². The maximum absolute atomic E-state index is 10.7. The van der Waals surface area contributed by atoms with E-state index < -0.39 is 11.9 Å². The van der Waals surface area contributed by atoms with Crippen LogP contribution in [-0.4, -0.2) is 22.2 Å². The average molecular weight is 223 g/mol. The van der Waals surface area contributed by atoms with E-state index in [1.807, 2.05) is 6.92 Å². The largest absolute Gasteiger partial charge is 0.508 e. The lowest BCUT2D eigenvalue weighted by atomic mass is 10.0. The van der Waals surface area contributed by atoms with Gasteiger partial charge in [-0.15, -0.1) is 0 Å². The number of aliphatic carboxylic acids is 1. The van der Waals surface area contributed by atoms with Crippen molar-refractivity contribution in [1.29, 1.82) is 0 Å². The Morgan fingerprint density at radius 1 is 1.31 bits per heavy atom. The standard InChI is InChI=1S/C12H17NO3/c1-8(12(15)16)9(2)13-7-10-3-5-11(14)6-4-10/h3-6,8-9,13-14H,7H2,1-2H3,(H,15,16). The summed E-state index contributed by atoms with van der Waals surface area (Å²) in [6.07, 6.45) is 0. The molecule has 0 amide bonds. The summed E-state index contributed by atoms with van der Waals surface area (Å²) in [5.74, 6) is -0.987. The summed E-state index contributed by atoms with van der Waals surface area (Å²) < 4.78 is 0. The molecule has 0 bridgehead atoms. The number of carbonyl (C=O) groups is 1. The molecule has 16 heavy (non-hydrogen) atoms. The first-order chi connectivity index (χ1) is 7.50.